The molecule has 0 fully saturated rings. The maximum atomic E-state index is 13.2. The quantitative estimate of drug-likeness (QED) is 0.736. The standard InChI is InChI=1S/C12H14F2O/c1-12(2,3)11(15)7-8-9(13)5-4-6-10(8)14/h4-6H,7H2,1-3H3. The van der Waals surface area contributed by atoms with E-state index in [0.29, 0.717) is 0 Å². The number of benzene rings is 1. The third-order valence-electron chi connectivity index (χ3n) is 2.24. The SMILES string of the molecule is CC(C)(C)C(=O)Cc1c(F)cccc1F. The van der Waals surface area contributed by atoms with Crippen LogP contribution in [-0.4, -0.2) is 5.78 Å². The lowest BCUT2D eigenvalue weighted by molar-refractivity contribution is -0.125. The van der Waals surface area contributed by atoms with Crippen LogP contribution >= 0.6 is 0 Å². The van der Waals surface area contributed by atoms with Crippen molar-refractivity contribution in [2.45, 2.75) is 27.2 Å². The molecule has 0 saturated heterocycles. The van der Waals surface area contributed by atoms with Gasteiger partial charge in [-0.25, -0.2) is 8.78 Å². The first kappa shape index (κ1) is 11.8. The van der Waals surface area contributed by atoms with E-state index in [1.165, 1.54) is 6.07 Å². The summed E-state index contributed by atoms with van der Waals surface area (Å²) >= 11 is 0. The van der Waals surface area contributed by atoms with Crippen LogP contribution in [0.2, 0.25) is 0 Å². The second-order valence-electron chi connectivity index (χ2n) is 4.55. The largest absolute Gasteiger partial charge is 0.299 e. The third kappa shape index (κ3) is 2.85. The van der Waals surface area contributed by atoms with Gasteiger partial charge >= 0.3 is 0 Å². The zero-order chi connectivity index (χ0) is 11.6. The molecule has 15 heavy (non-hydrogen) atoms. The Kier molecular flexibility index (Phi) is 3.22. The zero-order valence-corrected chi connectivity index (χ0v) is 9.10. The molecule has 0 aliphatic carbocycles. The number of carbonyl (C=O) groups is 1. The molecule has 0 aliphatic heterocycles. The van der Waals surface area contributed by atoms with Gasteiger partial charge in [0, 0.05) is 17.4 Å². The lowest BCUT2D eigenvalue weighted by atomic mass is 9.87. The summed E-state index contributed by atoms with van der Waals surface area (Å²) in [6, 6.07) is 3.61. The van der Waals surface area contributed by atoms with Crippen LogP contribution in [0.25, 0.3) is 0 Å². The molecule has 0 bridgehead atoms. The van der Waals surface area contributed by atoms with E-state index in [0.717, 1.165) is 12.1 Å². The molecule has 1 aromatic carbocycles. The van der Waals surface area contributed by atoms with Crippen LogP contribution < -0.4 is 0 Å². The molecule has 0 amide bonds. The fourth-order valence-corrected chi connectivity index (χ4v) is 1.13. The molecule has 1 nitrogen and oxygen atoms in total. The Balaban J connectivity index is 2.95. The van der Waals surface area contributed by atoms with Crippen molar-refractivity contribution in [3.63, 3.8) is 0 Å². The molecule has 0 aromatic heterocycles. The Bertz CT molecular complexity index is 357. The van der Waals surface area contributed by atoms with E-state index < -0.39 is 17.0 Å². The molecule has 0 N–H and O–H groups in total. The highest BCUT2D eigenvalue weighted by Crippen LogP contribution is 2.20. The van der Waals surface area contributed by atoms with Crippen molar-refractivity contribution < 1.29 is 13.6 Å². The van der Waals surface area contributed by atoms with Crippen LogP contribution in [0.3, 0.4) is 0 Å². The first-order chi connectivity index (χ1) is 6.82. The van der Waals surface area contributed by atoms with Crippen LogP contribution in [0, 0.1) is 17.0 Å². The summed E-state index contributed by atoms with van der Waals surface area (Å²) < 4.78 is 26.4. The average Bonchev–Trinajstić information content (AvgIpc) is 2.09. The number of ketones is 1. The van der Waals surface area contributed by atoms with Gasteiger partial charge < -0.3 is 0 Å². The highest BCUT2D eigenvalue weighted by molar-refractivity contribution is 5.85. The molecule has 0 spiro atoms. The van der Waals surface area contributed by atoms with Crippen molar-refractivity contribution in [2.75, 3.05) is 0 Å². The van der Waals surface area contributed by atoms with Crippen molar-refractivity contribution in [3.05, 3.63) is 35.4 Å². The second-order valence-corrected chi connectivity index (χ2v) is 4.55. The van der Waals surface area contributed by atoms with Gasteiger partial charge in [0.15, 0.2) is 0 Å². The molecule has 3 heteroatoms. The third-order valence-corrected chi connectivity index (χ3v) is 2.24. The Labute approximate surface area is 88.1 Å². The summed E-state index contributed by atoms with van der Waals surface area (Å²) in [6.07, 6.45) is -0.192. The summed E-state index contributed by atoms with van der Waals surface area (Å²) in [5, 5.41) is 0. The minimum Gasteiger partial charge on any atom is -0.299 e. The molecule has 0 unspecified atom stereocenters. The highest BCUT2D eigenvalue weighted by atomic mass is 19.1. The Morgan fingerprint density at radius 1 is 1.20 bits per heavy atom. The van der Waals surface area contributed by atoms with E-state index in [1.54, 1.807) is 20.8 Å². The number of carbonyl (C=O) groups excluding carboxylic acids is 1. The van der Waals surface area contributed by atoms with Gasteiger partial charge in [0.05, 0.1) is 0 Å². The molecule has 0 atom stereocenters. The van der Waals surface area contributed by atoms with Crippen LogP contribution in [-0.2, 0) is 11.2 Å². The fraction of sp³-hybridized carbons (Fsp3) is 0.417. The maximum absolute atomic E-state index is 13.2. The molecule has 0 saturated carbocycles. The molecule has 0 heterocycles. The number of rotatable bonds is 2. The predicted molar refractivity (Wildman–Crippen MR) is 54.5 cm³/mol. The minimum atomic E-state index is -0.660. The van der Waals surface area contributed by atoms with E-state index in [1.807, 2.05) is 0 Å². The summed E-state index contributed by atoms with van der Waals surface area (Å²) in [7, 11) is 0. The highest BCUT2D eigenvalue weighted by Gasteiger charge is 2.23. The molecule has 0 radical (unpaired) electrons. The number of hydrogen-bond acceptors (Lipinski definition) is 1. The summed E-state index contributed by atoms with van der Waals surface area (Å²) in [5.74, 6) is -1.49. The topological polar surface area (TPSA) is 17.1 Å². The number of Topliss-reactive ketones (excluding diaryl/α,β-unsaturated/α-hetero) is 1. The molecule has 1 rings (SSSR count). The Hall–Kier alpha value is -1.25. The van der Waals surface area contributed by atoms with Crippen LogP contribution in [0.1, 0.15) is 26.3 Å². The summed E-state index contributed by atoms with van der Waals surface area (Å²) in [5.41, 5.74) is -0.716. The van der Waals surface area contributed by atoms with Gasteiger partial charge in [-0.1, -0.05) is 26.8 Å². The van der Waals surface area contributed by atoms with Gasteiger partial charge in [0.1, 0.15) is 17.4 Å². The lowest BCUT2D eigenvalue weighted by Gasteiger charge is -2.16. The van der Waals surface area contributed by atoms with E-state index in [4.69, 9.17) is 0 Å². The van der Waals surface area contributed by atoms with E-state index in [9.17, 15) is 13.6 Å². The predicted octanol–water partition coefficient (Wildman–Crippen LogP) is 3.12. The first-order valence-corrected chi connectivity index (χ1v) is 4.78. The summed E-state index contributed by atoms with van der Waals surface area (Å²) in [4.78, 5) is 11.6. The zero-order valence-electron chi connectivity index (χ0n) is 9.10. The number of halogens is 2. The van der Waals surface area contributed by atoms with Gasteiger partial charge in [0.25, 0.3) is 0 Å². The molecular formula is C12H14F2O. The molecule has 0 aliphatic rings. The summed E-state index contributed by atoms with van der Waals surface area (Å²) in [6.45, 7) is 5.19. The van der Waals surface area contributed by atoms with Crippen molar-refractivity contribution in [1.82, 2.24) is 0 Å². The van der Waals surface area contributed by atoms with Gasteiger partial charge in [-0.05, 0) is 12.1 Å². The smallest absolute Gasteiger partial charge is 0.142 e. The Morgan fingerprint density at radius 2 is 1.67 bits per heavy atom. The van der Waals surface area contributed by atoms with Crippen molar-refractivity contribution in [1.29, 1.82) is 0 Å². The molecule has 1 aromatic rings. The van der Waals surface area contributed by atoms with Crippen molar-refractivity contribution in [3.8, 4) is 0 Å². The maximum Gasteiger partial charge on any atom is 0.142 e. The average molecular weight is 212 g/mol. The van der Waals surface area contributed by atoms with Crippen molar-refractivity contribution >= 4 is 5.78 Å². The van der Waals surface area contributed by atoms with Crippen molar-refractivity contribution in [2.24, 2.45) is 5.41 Å². The second kappa shape index (κ2) is 4.09. The van der Waals surface area contributed by atoms with Gasteiger partial charge in [0.2, 0.25) is 0 Å². The monoisotopic (exact) mass is 212 g/mol. The molecule has 82 valence electrons. The van der Waals surface area contributed by atoms with Crippen LogP contribution in [0.4, 0.5) is 8.78 Å². The van der Waals surface area contributed by atoms with Crippen LogP contribution in [0.15, 0.2) is 18.2 Å². The van der Waals surface area contributed by atoms with E-state index in [2.05, 4.69) is 0 Å². The van der Waals surface area contributed by atoms with Crippen LogP contribution in [0.5, 0.6) is 0 Å². The lowest BCUT2D eigenvalue weighted by Crippen LogP contribution is -2.23. The minimum absolute atomic E-state index is 0.141. The first-order valence-electron chi connectivity index (χ1n) is 4.78. The van der Waals surface area contributed by atoms with E-state index in [-0.39, 0.29) is 17.8 Å². The van der Waals surface area contributed by atoms with Gasteiger partial charge in [-0.2, -0.15) is 0 Å². The normalized spacial score (nSPS) is 11.5. The Morgan fingerprint density at radius 3 is 2.07 bits per heavy atom. The fourth-order valence-electron chi connectivity index (χ4n) is 1.13. The van der Waals surface area contributed by atoms with E-state index >= 15 is 0 Å². The van der Waals surface area contributed by atoms with Gasteiger partial charge in [-0.15, -0.1) is 0 Å². The van der Waals surface area contributed by atoms with Gasteiger partial charge in [-0.3, -0.25) is 4.79 Å². The molecular weight excluding hydrogens is 198 g/mol. The number of hydrogen-bond donors (Lipinski definition) is 0.